The topological polar surface area (TPSA) is 49.4 Å². The van der Waals surface area contributed by atoms with Crippen molar-refractivity contribution in [3.05, 3.63) is 35.9 Å². The van der Waals surface area contributed by atoms with Crippen LogP contribution in [0.2, 0.25) is 0 Å². The van der Waals surface area contributed by atoms with E-state index in [1.807, 2.05) is 56.0 Å². The Labute approximate surface area is 125 Å². The molecule has 2 aliphatic rings. The Bertz CT molecular complexity index is 565. The molecule has 0 radical (unpaired) electrons. The molecule has 1 aliphatic carbocycles. The molecular weight excluding hydrogens is 264 g/mol. The highest BCUT2D eigenvalue weighted by Crippen LogP contribution is 2.38. The molecule has 4 nitrogen and oxygen atoms in total. The van der Waals surface area contributed by atoms with Crippen LogP contribution in [0.15, 0.2) is 30.3 Å². The molecule has 1 aromatic carbocycles. The lowest BCUT2D eigenvalue weighted by molar-refractivity contribution is -0.157. The third kappa shape index (κ3) is 2.23. The van der Waals surface area contributed by atoms with E-state index < -0.39 is 5.54 Å². The number of benzene rings is 1. The van der Waals surface area contributed by atoms with Crippen LogP contribution in [-0.4, -0.2) is 28.8 Å². The Morgan fingerprint density at radius 2 is 1.81 bits per heavy atom. The molecule has 2 fully saturated rings. The van der Waals surface area contributed by atoms with Gasteiger partial charge in [-0.1, -0.05) is 44.2 Å². The molecule has 0 bridgehead atoms. The fourth-order valence-corrected chi connectivity index (χ4v) is 3.22. The van der Waals surface area contributed by atoms with Crippen molar-refractivity contribution in [2.75, 3.05) is 0 Å². The van der Waals surface area contributed by atoms with Crippen molar-refractivity contribution in [2.24, 2.45) is 5.92 Å². The third-order valence-electron chi connectivity index (χ3n) is 4.53. The SMILES string of the molecule is CC(C)C1C(=O)NC(C)(c2ccccc2)C(=O)N1C1CC1. The van der Waals surface area contributed by atoms with E-state index in [0.29, 0.717) is 0 Å². The van der Waals surface area contributed by atoms with Gasteiger partial charge in [0.05, 0.1) is 0 Å². The molecule has 1 heterocycles. The van der Waals surface area contributed by atoms with Crippen molar-refractivity contribution in [2.45, 2.75) is 51.2 Å². The Kier molecular flexibility index (Phi) is 3.27. The first-order valence-electron chi connectivity index (χ1n) is 7.65. The van der Waals surface area contributed by atoms with E-state index in [2.05, 4.69) is 5.32 Å². The molecule has 1 saturated carbocycles. The van der Waals surface area contributed by atoms with Crippen LogP contribution in [0.25, 0.3) is 0 Å². The van der Waals surface area contributed by atoms with E-state index >= 15 is 0 Å². The Hall–Kier alpha value is -1.84. The molecule has 3 rings (SSSR count). The minimum Gasteiger partial charge on any atom is -0.336 e. The van der Waals surface area contributed by atoms with E-state index in [-0.39, 0.29) is 29.8 Å². The van der Waals surface area contributed by atoms with E-state index in [4.69, 9.17) is 0 Å². The molecule has 0 spiro atoms. The van der Waals surface area contributed by atoms with Crippen molar-refractivity contribution >= 4 is 11.8 Å². The van der Waals surface area contributed by atoms with Gasteiger partial charge in [0.15, 0.2) is 0 Å². The van der Waals surface area contributed by atoms with Gasteiger partial charge in [0, 0.05) is 6.04 Å². The maximum Gasteiger partial charge on any atom is 0.253 e. The summed E-state index contributed by atoms with van der Waals surface area (Å²) in [6, 6.07) is 9.41. The molecule has 112 valence electrons. The van der Waals surface area contributed by atoms with Crippen LogP contribution in [0.1, 0.15) is 39.2 Å². The van der Waals surface area contributed by atoms with Crippen LogP contribution in [0.4, 0.5) is 0 Å². The normalized spacial score (nSPS) is 29.7. The quantitative estimate of drug-likeness (QED) is 0.924. The van der Waals surface area contributed by atoms with Gasteiger partial charge in [0.2, 0.25) is 5.91 Å². The summed E-state index contributed by atoms with van der Waals surface area (Å²) in [4.78, 5) is 27.6. The van der Waals surface area contributed by atoms with Gasteiger partial charge in [-0.15, -0.1) is 0 Å². The second kappa shape index (κ2) is 4.86. The largest absolute Gasteiger partial charge is 0.336 e. The number of rotatable bonds is 3. The van der Waals surface area contributed by atoms with Crippen molar-refractivity contribution < 1.29 is 9.59 Å². The zero-order valence-electron chi connectivity index (χ0n) is 12.8. The second-order valence-corrected chi connectivity index (χ2v) is 6.61. The van der Waals surface area contributed by atoms with E-state index in [1.165, 1.54) is 0 Å². The molecule has 2 unspecified atom stereocenters. The number of carbonyl (C=O) groups excluding carboxylic acids is 2. The standard InChI is InChI=1S/C17H22N2O2/c1-11(2)14-15(20)18-17(3,12-7-5-4-6-8-12)16(21)19(14)13-9-10-13/h4-8,11,13-14H,9-10H2,1-3H3,(H,18,20). The highest BCUT2D eigenvalue weighted by molar-refractivity contribution is 6.00. The summed E-state index contributed by atoms with van der Waals surface area (Å²) in [5.74, 6) is 0.104. The Morgan fingerprint density at radius 1 is 1.19 bits per heavy atom. The van der Waals surface area contributed by atoms with Gasteiger partial charge in [0.25, 0.3) is 5.91 Å². The van der Waals surface area contributed by atoms with Crippen LogP contribution in [0.3, 0.4) is 0 Å². The van der Waals surface area contributed by atoms with E-state index in [1.54, 1.807) is 0 Å². The average molecular weight is 286 g/mol. The fourth-order valence-electron chi connectivity index (χ4n) is 3.22. The first-order chi connectivity index (χ1) is 9.95. The summed E-state index contributed by atoms with van der Waals surface area (Å²) in [5, 5.41) is 2.97. The molecule has 0 aromatic heterocycles. The van der Waals surface area contributed by atoms with Gasteiger partial charge in [-0.2, -0.15) is 0 Å². The summed E-state index contributed by atoms with van der Waals surface area (Å²) in [6.45, 7) is 5.81. The maximum atomic E-state index is 13.1. The van der Waals surface area contributed by atoms with Gasteiger partial charge >= 0.3 is 0 Å². The highest BCUT2D eigenvalue weighted by atomic mass is 16.2. The first-order valence-corrected chi connectivity index (χ1v) is 7.65. The Morgan fingerprint density at radius 3 is 2.33 bits per heavy atom. The van der Waals surface area contributed by atoms with Crippen LogP contribution in [-0.2, 0) is 15.1 Å². The minimum absolute atomic E-state index is 0.0227. The van der Waals surface area contributed by atoms with Crippen LogP contribution < -0.4 is 5.32 Å². The molecule has 1 aliphatic heterocycles. The number of piperazine rings is 1. The van der Waals surface area contributed by atoms with E-state index in [9.17, 15) is 9.59 Å². The minimum atomic E-state index is -0.952. The Balaban J connectivity index is 2.02. The molecule has 21 heavy (non-hydrogen) atoms. The van der Waals surface area contributed by atoms with Crippen molar-refractivity contribution in [1.29, 1.82) is 0 Å². The van der Waals surface area contributed by atoms with Crippen molar-refractivity contribution in [1.82, 2.24) is 10.2 Å². The van der Waals surface area contributed by atoms with Crippen LogP contribution in [0.5, 0.6) is 0 Å². The van der Waals surface area contributed by atoms with Gasteiger partial charge < -0.3 is 10.2 Å². The van der Waals surface area contributed by atoms with Crippen molar-refractivity contribution in [3.63, 3.8) is 0 Å². The van der Waals surface area contributed by atoms with E-state index in [0.717, 1.165) is 18.4 Å². The molecule has 2 amide bonds. The summed E-state index contributed by atoms with van der Waals surface area (Å²) in [7, 11) is 0. The number of hydrogen-bond acceptors (Lipinski definition) is 2. The molecule has 1 aromatic rings. The molecular formula is C17H22N2O2. The van der Waals surface area contributed by atoms with Gasteiger partial charge in [-0.3, -0.25) is 9.59 Å². The second-order valence-electron chi connectivity index (χ2n) is 6.61. The molecule has 4 heteroatoms. The third-order valence-corrected chi connectivity index (χ3v) is 4.53. The number of nitrogens with zero attached hydrogens (tertiary/aromatic N) is 1. The van der Waals surface area contributed by atoms with Crippen LogP contribution in [0, 0.1) is 5.92 Å². The van der Waals surface area contributed by atoms with Crippen molar-refractivity contribution in [3.8, 4) is 0 Å². The smallest absolute Gasteiger partial charge is 0.253 e. The maximum absolute atomic E-state index is 13.1. The van der Waals surface area contributed by atoms with Gasteiger partial charge in [-0.25, -0.2) is 0 Å². The summed E-state index contributed by atoms with van der Waals surface area (Å²) in [6.07, 6.45) is 2.01. The lowest BCUT2D eigenvalue weighted by Crippen LogP contribution is -2.69. The molecule has 1 saturated heterocycles. The summed E-state index contributed by atoms with van der Waals surface area (Å²) in [5.41, 5.74) is -0.108. The summed E-state index contributed by atoms with van der Waals surface area (Å²) >= 11 is 0. The average Bonchev–Trinajstić information content (AvgIpc) is 3.27. The number of carbonyl (C=O) groups is 2. The van der Waals surface area contributed by atoms with Crippen LogP contribution >= 0.6 is 0 Å². The molecule has 1 N–H and O–H groups in total. The monoisotopic (exact) mass is 286 g/mol. The van der Waals surface area contributed by atoms with Gasteiger partial charge in [0.1, 0.15) is 11.6 Å². The number of amides is 2. The zero-order valence-corrected chi connectivity index (χ0v) is 12.8. The number of hydrogen-bond donors (Lipinski definition) is 1. The predicted octanol–water partition coefficient (Wildman–Crippen LogP) is 2.05. The highest BCUT2D eigenvalue weighted by Gasteiger charge is 2.53. The number of nitrogens with one attached hydrogen (secondary N) is 1. The van der Waals surface area contributed by atoms with Gasteiger partial charge in [-0.05, 0) is 31.2 Å². The fraction of sp³-hybridized carbons (Fsp3) is 0.529. The molecule has 2 atom stereocenters. The first kappa shape index (κ1) is 14.1. The summed E-state index contributed by atoms with van der Waals surface area (Å²) < 4.78 is 0. The zero-order chi connectivity index (χ0) is 15.2. The lowest BCUT2D eigenvalue weighted by Gasteiger charge is -2.46. The lowest BCUT2D eigenvalue weighted by atomic mass is 9.84. The predicted molar refractivity (Wildman–Crippen MR) is 80.4 cm³/mol.